The summed E-state index contributed by atoms with van der Waals surface area (Å²) >= 11 is 0. The summed E-state index contributed by atoms with van der Waals surface area (Å²) in [7, 11) is -3.42. The van der Waals surface area contributed by atoms with Gasteiger partial charge in [-0.15, -0.1) is 0 Å². The standard InChI is InChI=1S/C20H27N3O2S/c24-26(25,20-10-7-12-21-16-20)22-13-5-1-2-6-14-23-15-11-18-8-3-4-9-19(18)17-23/h3-4,7-10,12,16,22H,1-2,5-6,11,13-15,17H2. The fourth-order valence-corrected chi connectivity index (χ4v) is 4.39. The molecule has 1 aliphatic heterocycles. The van der Waals surface area contributed by atoms with Crippen LogP contribution in [-0.4, -0.2) is 37.9 Å². The summed E-state index contributed by atoms with van der Waals surface area (Å²) < 4.78 is 26.8. The molecule has 0 radical (unpaired) electrons. The van der Waals surface area contributed by atoms with E-state index < -0.39 is 10.0 Å². The van der Waals surface area contributed by atoms with E-state index in [0.29, 0.717) is 6.54 Å². The van der Waals surface area contributed by atoms with Crippen molar-refractivity contribution in [2.75, 3.05) is 19.6 Å². The van der Waals surface area contributed by atoms with Crippen molar-refractivity contribution in [1.82, 2.24) is 14.6 Å². The number of nitrogens with one attached hydrogen (secondary N) is 1. The topological polar surface area (TPSA) is 62.3 Å². The molecule has 5 nitrogen and oxygen atoms in total. The smallest absolute Gasteiger partial charge is 0.242 e. The third-order valence-corrected chi connectivity index (χ3v) is 6.29. The third kappa shape index (κ3) is 5.37. The van der Waals surface area contributed by atoms with Crippen LogP contribution < -0.4 is 4.72 Å². The summed E-state index contributed by atoms with van der Waals surface area (Å²) in [4.78, 5) is 6.60. The number of benzene rings is 1. The maximum absolute atomic E-state index is 12.1. The van der Waals surface area contributed by atoms with Crippen LogP contribution in [0, 0.1) is 0 Å². The summed E-state index contributed by atoms with van der Waals surface area (Å²) in [5.74, 6) is 0. The predicted octanol–water partition coefficient (Wildman–Crippen LogP) is 2.98. The SMILES string of the molecule is O=S(=O)(NCCCCCCN1CCc2ccccc2C1)c1cccnc1. The molecule has 0 unspecified atom stereocenters. The van der Waals surface area contributed by atoms with E-state index in [1.165, 1.54) is 17.3 Å². The lowest BCUT2D eigenvalue weighted by atomic mass is 10.00. The van der Waals surface area contributed by atoms with Gasteiger partial charge in [-0.2, -0.15) is 0 Å². The van der Waals surface area contributed by atoms with E-state index in [2.05, 4.69) is 38.9 Å². The van der Waals surface area contributed by atoms with E-state index in [0.717, 1.165) is 51.7 Å². The molecule has 1 aromatic carbocycles. The first-order chi connectivity index (χ1) is 12.6. The monoisotopic (exact) mass is 373 g/mol. The highest BCUT2D eigenvalue weighted by Gasteiger charge is 2.15. The van der Waals surface area contributed by atoms with E-state index >= 15 is 0 Å². The van der Waals surface area contributed by atoms with E-state index in [9.17, 15) is 8.42 Å². The minimum absolute atomic E-state index is 0.227. The van der Waals surface area contributed by atoms with Crippen LogP contribution >= 0.6 is 0 Å². The molecule has 0 amide bonds. The second-order valence-corrected chi connectivity index (χ2v) is 8.56. The summed E-state index contributed by atoms with van der Waals surface area (Å²) in [5, 5.41) is 0. The van der Waals surface area contributed by atoms with Crippen LogP contribution in [0.25, 0.3) is 0 Å². The van der Waals surface area contributed by atoms with Gasteiger partial charge in [0.25, 0.3) is 0 Å². The zero-order chi connectivity index (χ0) is 18.2. The molecule has 0 bridgehead atoms. The van der Waals surface area contributed by atoms with Gasteiger partial charge in [0.05, 0.1) is 0 Å². The molecule has 0 spiro atoms. The highest BCUT2D eigenvalue weighted by Crippen LogP contribution is 2.18. The van der Waals surface area contributed by atoms with Crippen LogP contribution in [0.1, 0.15) is 36.8 Å². The number of pyridine rings is 1. The number of aromatic nitrogens is 1. The van der Waals surface area contributed by atoms with Crippen LogP contribution in [0.4, 0.5) is 0 Å². The van der Waals surface area contributed by atoms with Gasteiger partial charge in [0.15, 0.2) is 0 Å². The number of rotatable bonds is 9. The molecule has 0 fully saturated rings. The van der Waals surface area contributed by atoms with Gasteiger partial charge in [0.2, 0.25) is 10.0 Å². The Morgan fingerprint density at radius 1 is 1.00 bits per heavy atom. The molecule has 1 aliphatic rings. The Kier molecular flexibility index (Phi) is 6.77. The van der Waals surface area contributed by atoms with E-state index in [1.54, 1.807) is 18.3 Å². The van der Waals surface area contributed by atoms with Crippen molar-refractivity contribution in [1.29, 1.82) is 0 Å². The Balaban J connectivity index is 1.29. The summed E-state index contributed by atoms with van der Waals surface area (Å²) in [6.45, 7) is 3.80. The van der Waals surface area contributed by atoms with Gasteiger partial charge in [-0.25, -0.2) is 13.1 Å². The Bertz CT molecular complexity index is 794. The molecule has 0 aliphatic carbocycles. The number of fused-ring (bicyclic) bond motifs is 1. The number of unbranched alkanes of at least 4 members (excludes halogenated alkanes) is 3. The van der Waals surface area contributed by atoms with Crippen LogP contribution in [-0.2, 0) is 23.0 Å². The van der Waals surface area contributed by atoms with Gasteiger partial charge in [-0.05, 0) is 49.1 Å². The molecule has 3 rings (SSSR count). The van der Waals surface area contributed by atoms with Crippen molar-refractivity contribution >= 4 is 10.0 Å². The summed E-state index contributed by atoms with van der Waals surface area (Å²) in [6.07, 6.45) is 8.29. The van der Waals surface area contributed by atoms with E-state index in [-0.39, 0.29) is 4.90 Å². The van der Waals surface area contributed by atoms with Gasteiger partial charge in [0, 0.05) is 32.0 Å². The second kappa shape index (κ2) is 9.26. The molecule has 0 saturated heterocycles. The van der Waals surface area contributed by atoms with Gasteiger partial charge in [-0.1, -0.05) is 37.1 Å². The zero-order valence-corrected chi connectivity index (χ0v) is 15.9. The molecular weight excluding hydrogens is 346 g/mol. The molecule has 2 aromatic rings. The fourth-order valence-electron chi connectivity index (χ4n) is 3.35. The van der Waals surface area contributed by atoms with Crippen LogP contribution in [0.5, 0.6) is 0 Å². The molecule has 140 valence electrons. The quantitative estimate of drug-likeness (QED) is 0.687. The number of hydrogen-bond donors (Lipinski definition) is 1. The maximum Gasteiger partial charge on any atom is 0.242 e. The average Bonchev–Trinajstić information content (AvgIpc) is 2.68. The summed E-state index contributed by atoms with van der Waals surface area (Å²) in [5.41, 5.74) is 2.95. The Morgan fingerprint density at radius 3 is 2.62 bits per heavy atom. The average molecular weight is 374 g/mol. The minimum Gasteiger partial charge on any atom is -0.299 e. The molecule has 0 saturated carbocycles. The minimum atomic E-state index is -3.42. The van der Waals surface area contributed by atoms with Crippen LogP contribution in [0.3, 0.4) is 0 Å². The highest BCUT2D eigenvalue weighted by molar-refractivity contribution is 7.89. The van der Waals surface area contributed by atoms with Crippen molar-refractivity contribution in [3.8, 4) is 0 Å². The number of nitrogens with zero attached hydrogens (tertiary/aromatic N) is 2. The summed E-state index contributed by atoms with van der Waals surface area (Å²) in [6, 6.07) is 11.9. The number of sulfonamides is 1. The molecular formula is C20H27N3O2S. The van der Waals surface area contributed by atoms with Gasteiger partial charge in [0.1, 0.15) is 4.90 Å². The van der Waals surface area contributed by atoms with E-state index in [4.69, 9.17) is 0 Å². The van der Waals surface area contributed by atoms with Crippen LogP contribution in [0.15, 0.2) is 53.7 Å². The number of hydrogen-bond acceptors (Lipinski definition) is 4. The molecule has 1 aromatic heterocycles. The highest BCUT2D eigenvalue weighted by atomic mass is 32.2. The molecule has 0 atom stereocenters. The first kappa shape index (κ1) is 19.0. The van der Waals surface area contributed by atoms with Crippen molar-refractivity contribution in [2.45, 2.75) is 43.5 Å². The van der Waals surface area contributed by atoms with Gasteiger partial charge >= 0.3 is 0 Å². The van der Waals surface area contributed by atoms with Gasteiger partial charge in [-0.3, -0.25) is 9.88 Å². The van der Waals surface area contributed by atoms with Crippen LogP contribution in [0.2, 0.25) is 0 Å². The lowest BCUT2D eigenvalue weighted by Gasteiger charge is -2.28. The molecule has 6 heteroatoms. The predicted molar refractivity (Wildman–Crippen MR) is 103 cm³/mol. The molecule has 26 heavy (non-hydrogen) atoms. The van der Waals surface area contributed by atoms with Gasteiger partial charge < -0.3 is 0 Å². The first-order valence-corrected chi connectivity index (χ1v) is 10.8. The second-order valence-electron chi connectivity index (χ2n) is 6.80. The van der Waals surface area contributed by atoms with Crippen molar-refractivity contribution < 1.29 is 8.42 Å². The van der Waals surface area contributed by atoms with Crippen molar-refractivity contribution in [3.63, 3.8) is 0 Å². The molecule has 1 N–H and O–H groups in total. The van der Waals surface area contributed by atoms with Crippen molar-refractivity contribution in [3.05, 3.63) is 59.9 Å². The molecule has 2 heterocycles. The Labute approximate surface area is 156 Å². The largest absolute Gasteiger partial charge is 0.299 e. The maximum atomic E-state index is 12.1. The fraction of sp³-hybridized carbons (Fsp3) is 0.450. The Morgan fingerprint density at radius 2 is 1.81 bits per heavy atom. The lowest BCUT2D eigenvalue weighted by molar-refractivity contribution is 0.248. The zero-order valence-electron chi connectivity index (χ0n) is 15.1. The van der Waals surface area contributed by atoms with E-state index in [1.807, 2.05) is 0 Å². The Hall–Kier alpha value is -1.76. The lowest BCUT2D eigenvalue weighted by Crippen LogP contribution is -2.31. The normalized spacial score (nSPS) is 14.9. The third-order valence-electron chi connectivity index (χ3n) is 4.85. The first-order valence-electron chi connectivity index (χ1n) is 9.34. The van der Waals surface area contributed by atoms with Crippen molar-refractivity contribution in [2.24, 2.45) is 0 Å².